The Balaban J connectivity index is 3.02. The number of rotatable bonds is 11. The lowest BCUT2D eigenvalue weighted by Crippen LogP contribution is -2.02. The second-order valence-electron chi connectivity index (χ2n) is 6.23. The topological polar surface area (TPSA) is 22.6 Å². The maximum Gasteiger partial charge on any atom is 0.229 e. The molecule has 1 aromatic carbocycles. The van der Waals surface area contributed by atoms with Crippen LogP contribution in [0.1, 0.15) is 54.9 Å². The van der Waals surface area contributed by atoms with Gasteiger partial charge in [-0.3, -0.25) is 0 Å². The molecular formula is C23H32O2. The summed E-state index contributed by atoms with van der Waals surface area (Å²) in [6.45, 7) is 4.42. The molecule has 0 saturated heterocycles. The van der Waals surface area contributed by atoms with Crippen LogP contribution in [0.15, 0.2) is 36.4 Å². The van der Waals surface area contributed by atoms with E-state index in [-0.39, 0.29) is 0 Å². The first kappa shape index (κ1) is 21.1. The van der Waals surface area contributed by atoms with E-state index in [4.69, 9.17) is 8.85 Å². The van der Waals surface area contributed by atoms with E-state index in [1.165, 1.54) is 47.9 Å². The number of aryl methyl sites for hydroxylation is 1. The standard InChI is InChI=1S/C23H32O2/c1-5-6-7-8-15-23-21(13-9-11-16-24-3)18-20(2)19-22(23)14-10-12-17-25-4/h9-12,18-19H,5-8,13-15H2,1-4H3/b11-9+,12-10+. The lowest BCUT2D eigenvalue weighted by atomic mass is 9.90. The van der Waals surface area contributed by atoms with Crippen LogP contribution in [-0.2, 0) is 28.1 Å². The van der Waals surface area contributed by atoms with Gasteiger partial charge in [0.1, 0.15) is 0 Å². The van der Waals surface area contributed by atoms with Crippen LogP contribution in [-0.4, -0.2) is 26.8 Å². The third-order valence-corrected chi connectivity index (χ3v) is 4.14. The van der Waals surface area contributed by atoms with Gasteiger partial charge >= 0.3 is 0 Å². The van der Waals surface area contributed by atoms with Crippen LogP contribution in [0.4, 0.5) is 0 Å². The Morgan fingerprint density at radius 3 is 1.92 bits per heavy atom. The van der Waals surface area contributed by atoms with Crippen LogP contribution < -0.4 is 0 Å². The van der Waals surface area contributed by atoms with Crippen molar-refractivity contribution in [2.75, 3.05) is 14.2 Å². The minimum Gasteiger partial charge on any atom is -0.355 e. The number of hydrogen-bond acceptors (Lipinski definition) is 0. The molecule has 0 amide bonds. The molecule has 0 saturated carbocycles. The summed E-state index contributed by atoms with van der Waals surface area (Å²) >= 11 is 0. The molecule has 2 heteroatoms. The van der Waals surface area contributed by atoms with Gasteiger partial charge in [0.15, 0.2) is 0 Å². The number of carbonyl (C=O) groups excluding carboxylic acids is 2. The summed E-state index contributed by atoms with van der Waals surface area (Å²) in [5.74, 6) is 0. The van der Waals surface area contributed by atoms with Gasteiger partial charge in [-0.25, -0.2) is 12.2 Å². The molecule has 0 aliphatic rings. The monoisotopic (exact) mass is 340 g/mol. The van der Waals surface area contributed by atoms with E-state index in [0.717, 1.165) is 19.3 Å². The van der Waals surface area contributed by atoms with Gasteiger partial charge in [-0.05, 0) is 25.3 Å². The molecule has 0 atom stereocenters. The molecule has 25 heavy (non-hydrogen) atoms. The summed E-state index contributed by atoms with van der Waals surface area (Å²) in [7, 11) is 3.24. The molecule has 0 aliphatic carbocycles. The quantitative estimate of drug-likeness (QED) is 0.237. The molecule has 0 bridgehead atoms. The van der Waals surface area contributed by atoms with Crippen LogP contribution in [0.25, 0.3) is 0 Å². The van der Waals surface area contributed by atoms with E-state index >= 15 is 0 Å². The average Bonchev–Trinajstić information content (AvgIpc) is 2.60. The molecule has 0 spiro atoms. The zero-order valence-corrected chi connectivity index (χ0v) is 16.2. The first-order valence-electron chi connectivity index (χ1n) is 9.21. The van der Waals surface area contributed by atoms with Crippen molar-refractivity contribution in [1.82, 2.24) is 0 Å². The number of benzene rings is 1. The summed E-state index contributed by atoms with van der Waals surface area (Å²) in [5.41, 5.74) is 5.62. The van der Waals surface area contributed by atoms with Crippen molar-refractivity contribution in [3.63, 3.8) is 0 Å². The summed E-state index contributed by atoms with van der Waals surface area (Å²) in [6.07, 6.45) is 21.5. The van der Waals surface area contributed by atoms with Crippen LogP contribution in [0, 0.1) is 6.92 Å². The molecule has 0 fully saturated rings. The first-order chi connectivity index (χ1) is 12.2. The van der Waals surface area contributed by atoms with Gasteiger partial charge in [0.2, 0.25) is 26.8 Å². The van der Waals surface area contributed by atoms with Gasteiger partial charge in [0.05, 0.1) is 0 Å². The van der Waals surface area contributed by atoms with Gasteiger partial charge < -0.3 is 8.85 Å². The summed E-state index contributed by atoms with van der Waals surface area (Å²) in [4.78, 5) is 0. The molecular weight excluding hydrogens is 308 g/mol. The fourth-order valence-corrected chi connectivity index (χ4v) is 2.99. The molecule has 0 heterocycles. The normalized spacial score (nSPS) is 12.5. The molecule has 0 aromatic heterocycles. The molecule has 0 radical (unpaired) electrons. The lowest BCUT2D eigenvalue weighted by Gasteiger charge is -2.17. The number of unbranched alkanes of at least 4 members (excludes halogenated alkanes) is 3. The zero-order valence-electron chi connectivity index (χ0n) is 16.2. The molecule has 2 nitrogen and oxygen atoms in total. The van der Waals surface area contributed by atoms with Crippen LogP contribution >= 0.6 is 0 Å². The molecule has 0 N–H and O–H groups in total. The van der Waals surface area contributed by atoms with E-state index < -0.39 is 0 Å². The second kappa shape index (κ2) is 13.3. The van der Waals surface area contributed by atoms with Crippen LogP contribution in [0.5, 0.6) is 0 Å². The summed E-state index contributed by atoms with van der Waals surface area (Å²) < 4.78 is 9.72. The highest BCUT2D eigenvalue weighted by atomic mass is 16.4. The maximum absolute atomic E-state index is 4.86. The van der Waals surface area contributed by atoms with Crippen molar-refractivity contribution in [3.05, 3.63) is 58.7 Å². The molecule has 0 aliphatic heterocycles. The van der Waals surface area contributed by atoms with E-state index in [1.807, 2.05) is 12.2 Å². The van der Waals surface area contributed by atoms with Crippen LogP contribution in [0.3, 0.4) is 0 Å². The molecule has 1 aromatic rings. The highest BCUT2D eigenvalue weighted by Crippen LogP contribution is 2.22. The Morgan fingerprint density at radius 1 is 0.880 bits per heavy atom. The maximum atomic E-state index is 4.86. The number of hydrogen-bond donors (Lipinski definition) is 0. The van der Waals surface area contributed by atoms with Gasteiger partial charge in [0.25, 0.3) is 0 Å². The van der Waals surface area contributed by atoms with Crippen molar-refractivity contribution in [2.24, 2.45) is 0 Å². The summed E-state index contributed by atoms with van der Waals surface area (Å²) in [5, 5.41) is 0. The second-order valence-corrected chi connectivity index (χ2v) is 6.23. The lowest BCUT2D eigenvalue weighted by molar-refractivity contribution is 0.186. The minimum absolute atomic E-state index is 0.911. The van der Waals surface area contributed by atoms with Gasteiger partial charge in [-0.15, -0.1) is 12.2 Å². The number of allylic oxidation sites excluding steroid dienone is 4. The summed E-state index contributed by atoms with van der Waals surface area (Å²) in [6, 6.07) is 4.62. The molecule has 0 unspecified atom stereocenters. The Morgan fingerprint density at radius 2 is 1.44 bits per heavy atom. The predicted molar refractivity (Wildman–Crippen MR) is 108 cm³/mol. The fraction of sp³-hybridized carbons (Fsp3) is 0.478. The van der Waals surface area contributed by atoms with Crippen molar-refractivity contribution in [1.29, 1.82) is 0 Å². The van der Waals surface area contributed by atoms with E-state index in [0.29, 0.717) is 0 Å². The Hall–Kier alpha value is -1.96. The van der Waals surface area contributed by atoms with Crippen molar-refractivity contribution >= 4 is 12.6 Å². The van der Waals surface area contributed by atoms with Crippen molar-refractivity contribution in [3.8, 4) is 0 Å². The predicted octanol–water partition coefficient (Wildman–Crippen LogP) is 4.87. The Labute approximate surface area is 153 Å². The third-order valence-electron chi connectivity index (χ3n) is 4.14. The average molecular weight is 341 g/mol. The Kier molecular flexibility index (Phi) is 11.3. The van der Waals surface area contributed by atoms with Gasteiger partial charge in [-0.2, -0.15) is 0 Å². The Bertz CT molecular complexity index is 562. The minimum atomic E-state index is 0.911. The van der Waals surface area contributed by atoms with E-state index in [1.54, 1.807) is 14.2 Å². The molecule has 136 valence electrons. The van der Waals surface area contributed by atoms with Gasteiger partial charge in [-0.1, -0.05) is 67.9 Å². The fourth-order valence-electron chi connectivity index (χ4n) is 2.99. The largest absolute Gasteiger partial charge is 0.355 e. The van der Waals surface area contributed by atoms with E-state index in [2.05, 4.69) is 50.7 Å². The van der Waals surface area contributed by atoms with Crippen molar-refractivity contribution in [2.45, 2.75) is 58.8 Å². The van der Waals surface area contributed by atoms with Crippen molar-refractivity contribution < 1.29 is 8.85 Å². The third kappa shape index (κ3) is 8.62. The van der Waals surface area contributed by atoms with Crippen LogP contribution in [0.2, 0.25) is 0 Å². The molecule has 1 rings (SSSR count). The van der Waals surface area contributed by atoms with Gasteiger partial charge in [0, 0.05) is 0 Å². The van der Waals surface area contributed by atoms with E-state index in [9.17, 15) is 0 Å². The first-order valence-corrected chi connectivity index (χ1v) is 9.21. The SMILES string of the molecule is CCCCCCc1c(C/C=C/[C-]=[O+]C)cc(C)cc1C/C=C/[C-]=[O+]C. The zero-order chi connectivity index (χ0) is 18.3. The highest BCUT2D eigenvalue weighted by Gasteiger charge is 2.07. The smallest absolute Gasteiger partial charge is 0.229 e. The highest BCUT2D eigenvalue weighted by molar-refractivity contribution is 5.66.